The van der Waals surface area contributed by atoms with Crippen molar-refractivity contribution in [1.82, 2.24) is 10.2 Å². The Morgan fingerprint density at radius 3 is 2.55 bits per heavy atom. The van der Waals surface area contributed by atoms with Crippen molar-refractivity contribution in [2.45, 2.75) is 64.8 Å². The maximum atomic E-state index is 13.1. The number of nitrogens with one attached hydrogen (secondary N) is 1. The second kappa shape index (κ2) is 10.2. The maximum Gasteiger partial charge on any atom is 0.419 e. The number of hydrogen-bond acceptors (Lipinski definition) is 4. The van der Waals surface area contributed by atoms with Crippen molar-refractivity contribution in [3.8, 4) is 5.75 Å². The van der Waals surface area contributed by atoms with Gasteiger partial charge in [0.25, 0.3) is 5.91 Å². The number of ether oxygens (including phenoxy) is 2. The first-order chi connectivity index (χ1) is 14.4. The number of hydrogen-bond donors (Lipinski definition) is 1. The highest BCUT2D eigenvalue weighted by Crippen LogP contribution is 2.36. The van der Waals surface area contributed by atoms with Gasteiger partial charge >= 0.3 is 12.3 Å². The lowest BCUT2D eigenvalue weighted by Crippen LogP contribution is -2.44. The van der Waals surface area contributed by atoms with E-state index in [-0.39, 0.29) is 17.8 Å². The summed E-state index contributed by atoms with van der Waals surface area (Å²) in [5.41, 5.74) is -1.47. The van der Waals surface area contributed by atoms with Crippen LogP contribution < -0.4 is 10.1 Å². The summed E-state index contributed by atoms with van der Waals surface area (Å²) in [5, 5.41) is 2.71. The summed E-state index contributed by atoms with van der Waals surface area (Å²) in [6.07, 6.45) is -3.55. The number of alkyl halides is 3. The average molecular weight is 444 g/mol. The second-order valence-electron chi connectivity index (χ2n) is 8.77. The van der Waals surface area contributed by atoms with Crippen molar-refractivity contribution < 1.29 is 32.2 Å². The molecule has 1 aliphatic heterocycles. The van der Waals surface area contributed by atoms with Gasteiger partial charge in [-0.25, -0.2) is 4.79 Å². The first-order valence-corrected chi connectivity index (χ1v) is 10.5. The number of likely N-dealkylation sites (tertiary alicyclic amines) is 1. The fourth-order valence-electron chi connectivity index (χ4n) is 3.38. The van der Waals surface area contributed by atoms with Crippen LogP contribution in [0.2, 0.25) is 0 Å². The summed E-state index contributed by atoms with van der Waals surface area (Å²) in [5.74, 6) is -0.654. The summed E-state index contributed by atoms with van der Waals surface area (Å²) in [7, 11) is 0. The Morgan fingerprint density at radius 2 is 1.90 bits per heavy atom. The van der Waals surface area contributed by atoms with Gasteiger partial charge in [0.2, 0.25) is 0 Å². The molecule has 0 bridgehead atoms. The molecule has 1 saturated heterocycles. The first-order valence-electron chi connectivity index (χ1n) is 10.5. The number of amides is 2. The van der Waals surface area contributed by atoms with Crippen LogP contribution in [0.25, 0.3) is 0 Å². The number of rotatable bonds is 6. The van der Waals surface area contributed by atoms with Crippen molar-refractivity contribution in [3.63, 3.8) is 0 Å². The Balaban J connectivity index is 1.81. The Hall–Kier alpha value is -2.45. The molecule has 0 radical (unpaired) electrons. The molecule has 0 aromatic heterocycles. The molecule has 1 aromatic carbocycles. The van der Waals surface area contributed by atoms with E-state index in [9.17, 15) is 22.8 Å². The SMILES string of the molecule is CC(Oc1ccccc1C(F)(F)F)C(=O)NCCC1CCCN(C(=O)OC(C)(C)C)C1. The number of benzene rings is 1. The number of halogens is 3. The fourth-order valence-corrected chi connectivity index (χ4v) is 3.38. The quantitative estimate of drug-likeness (QED) is 0.695. The van der Waals surface area contributed by atoms with Crippen molar-refractivity contribution >= 4 is 12.0 Å². The van der Waals surface area contributed by atoms with Gasteiger partial charge in [0, 0.05) is 19.6 Å². The van der Waals surface area contributed by atoms with Crippen LogP contribution in [0.3, 0.4) is 0 Å². The normalized spacial score (nSPS) is 18.3. The molecule has 2 amide bonds. The molecular weight excluding hydrogens is 413 g/mol. The molecule has 9 heteroatoms. The van der Waals surface area contributed by atoms with Crippen LogP contribution in [0, 0.1) is 5.92 Å². The minimum atomic E-state index is -4.56. The van der Waals surface area contributed by atoms with Gasteiger partial charge in [0.15, 0.2) is 6.10 Å². The van der Waals surface area contributed by atoms with Crippen LogP contribution in [-0.2, 0) is 15.7 Å². The summed E-state index contributed by atoms with van der Waals surface area (Å²) in [6.45, 7) is 8.40. The summed E-state index contributed by atoms with van der Waals surface area (Å²) in [4.78, 5) is 26.2. The van der Waals surface area contributed by atoms with Crippen molar-refractivity contribution in [3.05, 3.63) is 29.8 Å². The summed E-state index contributed by atoms with van der Waals surface area (Å²) in [6, 6.07) is 4.80. The first kappa shape index (κ1) is 24.8. The van der Waals surface area contributed by atoms with E-state index in [4.69, 9.17) is 9.47 Å². The Kier molecular flexibility index (Phi) is 8.20. The molecule has 1 aliphatic rings. The molecular formula is C22H31F3N2O4. The fraction of sp³-hybridized carbons (Fsp3) is 0.636. The van der Waals surface area contributed by atoms with Gasteiger partial charge in [-0.15, -0.1) is 0 Å². The molecule has 1 N–H and O–H groups in total. The third-order valence-electron chi connectivity index (χ3n) is 4.89. The topological polar surface area (TPSA) is 67.9 Å². The molecule has 1 fully saturated rings. The van der Waals surface area contributed by atoms with E-state index >= 15 is 0 Å². The van der Waals surface area contributed by atoms with Gasteiger partial charge in [-0.3, -0.25) is 4.79 Å². The highest BCUT2D eigenvalue weighted by Gasteiger charge is 2.35. The highest BCUT2D eigenvalue weighted by atomic mass is 19.4. The minimum absolute atomic E-state index is 0.212. The van der Waals surface area contributed by atoms with Gasteiger partial charge < -0.3 is 19.7 Å². The minimum Gasteiger partial charge on any atom is -0.480 e. The molecule has 1 aromatic rings. The van der Waals surface area contributed by atoms with Crippen LogP contribution in [0.5, 0.6) is 5.75 Å². The lowest BCUT2D eigenvalue weighted by molar-refractivity contribution is -0.140. The van der Waals surface area contributed by atoms with Crippen LogP contribution >= 0.6 is 0 Å². The van der Waals surface area contributed by atoms with Crippen molar-refractivity contribution in [2.24, 2.45) is 5.92 Å². The zero-order chi connectivity index (χ0) is 23.2. The second-order valence-corrected chi connectivity index (χ2v) is 8.77. The molecule has 31 heavy (non-hydrogen) atoms. The van der Waals surface area contributed by atoms with Gasteiger partial charge in [-0.1, -0.05) is 12.1 Å². The van der Waals surface area contributed by atoms with E-state index in [1.165, 1.54) is 25.1 Å². The summed E-state index contributed by atoms with van der Waals surface area (Å²) >= 11 is 0. The lowest BCUT2D eigenvalue weighted by Gasteiger charge is -2.34. The van der Waals surface area contributed by atoms with Crippen LogP contribution in [-0.4, -0.2) is 48.2 Å². The summed E-state index contributed by atoms with van der Waals surface area (Å²) < 4.78 is 49.9. The van der Waals surface area contributed by atoms with Gasteiger partial charge in [-0.2, -0.15) is 13.2 Å². The number of nitrogens with zero attached hydrogens (tertiary/aromatic N) is 1. The van der Waals surface area contributed by atoms with Crippen molar-refractivity contribution in [1.29, 1.82) is 0 Å². The van der Waals surface area contributed by atoms with E-state index < -0.39 is 29.4 Å². The smallest absolute Gasteiger partial charge is 0.419 e. The average Bonchev–Trinajstić information content (AvgIpc) is 2.66. The van der Waals surface area contributed by atoms with E-state index in [0.29, 0.717) is 26.1 Å². The Labute approximate surface area is 181 Å². The molecule has 0 aliphatic carbocycles. The number of carbonyl (C=O) groups is 2. The molecule has 0 saturated carbocycles. The van der Waals surface area contributed by atoms with Gasteiger partial charge in [-0.05, 0) is 65.0 Å². The molecule has 2 unspecified atom stereocenters. The van der Waals surface area contributed by atoms with Gasteiger partial charge in [0.05, 0.1) is 5.56 Å². The number of piperidine rings is 1. The predicted molar refractivity (Wildman–Crippen MR) is 110 cm³/mol. The Morgan fingerprint density at radius 1 is 1.23 bits per heavy atom. The van der Waals surface area contributed by atoms with E-state index in [0.717, 1.165) is 18.9 Å². The molecule has 2 atom stereocenters. The predicted octanol–water partition coefficient (Wildman–Crippen LogP) is 4.63. The molecule has 174 valence electrons. The molecule has 0 spiro atoms. The maximum absolute atomic E-state index is 13.1. The largest absolute Gasteiger partial charge is 0.480 e. The van der Waals surface area contributed by atoms with E-state index in [1.54, 1.807) is 4.90 Å². The van der Waals surface area contributed by atoms with E-state index in [2.05, 4.69) is 5.32 Å². The monoisotopic (exact) mass is 444 g/mol. The highest BCUT2D eigenvalue weighted by molar-refractivity contribution is 5.80. The zero-order valence-corrected chi connectivity index (χ0v) is 18.4. The number of para-hydroxylation sites is 1. The Bertz CT molecular complexity index is 762. The van der Waals surface area contributed by atoms with Crippen LogP contribution in [0.15, 0.2) is 24.3 Å². The van der Waals surface area contributed by atoms with Crippen molar-refractivity contribution in [2.75, 3.05) is 19.6 Å². The van der Waals surface area contributed by atoms with E-state index in [1.807, 2.05) is 20.8 Å². The molecule has 1 heterocycles. The standard InChI is InChI=1S/C22H31F3N2O4/c1-15(30-18-10-6-5-9-17(18)22(23,24)25)19(28)26-12-11-16-8-7-13-27(14-16)20(29)31-21(2,3)4/h5-6,9-10,15-16H,7-8,11-14H2,1-4H3,(H,26,28). The van der Waals surface area contributed by atoms with Crippen LogP contribution in [0.1, 0.15) is 52.5 Å². The molecule has 6 nitrogen and oxygen atoms in total. The lowest BCUT2D eigenvalue weighted by atomic mass is 9.95. The third kappa shape index (κ3) is 7.95. The van der Waals surface area contributed by atoms with Gasteiger partial charge in [0.1, 0.15) is 11.4 Å². The third-order valence-corrected chi connectivity index (χ3v) is 4.89. The van der Waals surface area contributed by atoms with Crippen LogP contribution in [0.4, 0.5) is 18.0 Å². The zero-order valence-electron chi connectivity index (χ0n) is 18.4. The molecule has 2 rings (SSSR count). The number of carbonyl (C=O) groups excluding carboxylic acids is 2.